The van der Waals surface area contributed by atoms with Crippen molar-refractivity contribution in [3.05, 3.63) is 11.1 Å². The van der Waals surface area contributed by atoms with Gasteiger partial charge in [-0.2, -0.15) is 0 Å². The van der Waals surface area contributed by atoms with Gasteiger partial charge in [-0.05, 0) is 18.0 Å². The zero-order chi connectivity index (χ0) is 6.95. The van der Waals surface area contributed by atoms with E-state index in [-0.39, 0.29) is 0 Å². The van der Waals surface area contributed by atoms with Gasteiger partial charge < -0.3 is 5.32 Å². The van der Waals surface area contributed by atoms with Crippen molar-refractivity contribution in [1.82, 2.24) is 5.32 Å². The van der Waals surface area contributed by atoms with Crippen LogP contribution in [0.5, 0.6) is 0 Å². The lowest BCUT2D eigenvalue weighted by Crippen LogP contribution is -2.14. The Labute approximate surface area is 65.7 Å². The Bertz CT molecular complexity index is 71.3. The van der Waals surface area contributed by atoms with Crippen molar-refractivity contribution in [2.75, 3.05) is 13.1 Å². The van der Waals surface area contributed by atoms with Crippen LogP contribution >= 0.6 is 15.9 Å². The van der Waals surface area contributed by atoms with Crippen LogP contribution in [0.2, 0.25) is 0 Å². The Morgan fingerprint density at radius 2 is 2.33 bits per heavy atom. The zero-order valence-electron chi connectivity index (χ0n) is 5.86. The highest BCUT2D eigenvalue weighted by atomic mass is 79.9. The lowest BCUT2D eigenvalue weighted by Gasteiger charge is -1.96. The Hall–Kier alpha value is 0.180. The number of unbranched alkanes of at least 4 members (excludes halogenated alkanes) is 1. The molecule has 0 fully saturated rings. The summed E-state index contributed by atoms with van der Waals surface area (Å²) in [4.78, 5) is 1.88. The molecule has 0 aliphatic rings. The van der Waals surface area contributed by atoms with Gasteiger partial charge in [-0.15, -0.1) is 0 Å². The predicted molar refractivity (Wildman–Crippen MR) is 45.8 cm³/mol. The molecule has 0 aliphatic carbocycles. The van der Waals surface area contributed by atoms with E-state index >= 15 is 0 Å². The van der Waals surface area contributed by atoms with E-state index in [1.807, 2.05) is 4.99 Å². The number of hydrogen-bond acceptors (Lipinski definition) is 1. The molecule has 0 heterocycles. The molecule has 0 aliphatic heterocycles. The first kappa shape index (κ1) is 9.18. The predicted octanol–water partition coefficient (Wildman–Crippen LogP) is 2.28. The van der Waals surface area contributed by atoms with Crippen LogP contribution in [0.3, 0.4) is 0 Å². The topological polar surface area (TPSA) is 12.0 Å². The van der Waals surface area contributed by atoms with Crippen LogP contribution in [0.1, 0.15) is 19.8 Å². The summed E-state index contributed by atoms with van der Waals surface area (Å²) in [5, 5.41) is 3.27. The van der Waals surface area contributed by atoms with E-state index in [9.17, 15) is 0 Å². The second-order valence-corrected chi connectivity index (χ2v) is 2.45. The summed E-state index contributed by atoms with van der Waals surface area (Å²) in [6.45, 7) is 4.31. The standard InChI is InChI=1S/C7H14BrN/c1-2-3-6-9-7-4-5-8/h4-5,9H,2-3,6-7H2,1H3/b5-4-. The minimum absolute atomic E-state index is 0.977. The van der Waals surface area contributed by atoms with Crippen LogP contribution in [0.4, 0.5) is 0 Å². The molecule has 0 saturated heterocycles. The maximum atomic E-state index is 3.27. The third-order valence-corrected chi connectivity index (χ3v) is 1.43. The largest absolute Gasteiger partial charge is 0.313 e. The van der Waals surface area contributed by atoms with E-state index in [0.717, 1.165) is 13.1 Å². The van der Waals surface area contributed by atoms with E-state index in [4.69, 9.17) is 0 Å². The number of halogens is 1. The van der Waals surface area contributed by atoms with Crippen LogP contribution in [-0.4, -0.2) is 13.1 Å². The van der Waals surface area contributed by atoms with Crippen LogP contribution in [0.25, 0.3) is 0 Å². The van der Waals surface area contributed by atoms with Crippen molar-refractivity contribution in [2.45, 2.75) is 19.8 Å². The van der Waals surface area contributed by atoms with Crippen molar-refractivity contribution in [1.29, 1.82) is 0 Å². The van der Waals surface area contributed by atoms with Gasteiger partial charge in [0.2, 0.25) is 0 Å². The highest BCUT2D eigenvalue weighted by molar-refractivity contribution is 9.11. The summed E-state index contributed by atoms with van der Waals surface area (Å²) in [6, 6.07) is 0. The molecule has 0 bridgehead atoms. The van der Waals surface area contributed by atoms with Gasteiger partial charge in [0.1, 0.15) is 0 Å². The van der Waals surface area contributed by atoms with Crippen molar-refractivity contribution in [2.24, 2.45) is 0 Å². The second-order valence-electron chi connectivity index (χ2n) is 1.92. The fraction of sp³-hybridized carbons (Fsp3) is 0.714. The lowest BCUT2D eigenvalue weighted by atomic mass is 10.3. The van der Waals surface area contributed by atoms with Gasteiger partial charge in [-0.3, -0.25) is 0 Å². The first-order chi connectivity index (χ1) is 4.41. The highest BCUT2D eigenvalue weighted by Crippen LogP contribution is 1.83. The smallest absolute Gasteiger partial charge is 0.0143 e. The first-order valence-corrected chi connectivity index (χ1v) is 4.29. The first-order valence-electron chi connectivity index (χ1n) is 3.37. The molecule has 0 amide bonds. The molecule has 1 N–H and O–H groups in total. The lowest BCUT2D eigenvalue weighted by molar-refractivity contribution is 0.681. The summed E-state index contributed by atoms with van der Waals surface area (Å²) >= 11 is 3.20. The normalized spacial score (nSPS) is 10.9. The van der Waals surface area contributed by atoms with Gasteiger partial charge in [0, 0.05) is 6.54 Å². The maximum absolute atomic E-state index is 3.27. The molecule has 0 unspecified atom stereocenters. The molecule has 0 atom stereocenters. The van der Waals surface area contributed by atoms with E-state index in [1.54, 1.807) is 0 Å². The van der Waals surface area contributed by atoms with Gasteiger partial charge in [0.05, 0.1) is 0 Å². The molecule has 0 aromatic rings. The molecule has 9 heavy (non-hydrogen) atoms. The van der Waals surface area contributed by atoms with E-state index in [1.165, 1.54) is 12.8 Å². The third-order valence-electron chi connectivity index (χ3n) is 1.06. The Kier molecular flexibility index (Phi) is 8.34. The molecule has 1 nitrogen and oxygen atoms in total. The van der Waals surface area contributed by atoms with Crippen LogP contribution in [0, 0.1) is 0 Å². The fourth-order valence-electron chi connectivity index (χ4n) is 0.532. The second kappa shape index (κ2) is 8.18. The van der Waals surface area contributed by atoms with E-state index < -0.39 is 0 Å². The molecule has 0 radical (unpaired) electrons. The molecule has 0 spiro atoms. The maximum Gasteiger partial charge on any atom is 0.0143 e. The van der Waals surface area contributed by atoms with Gasteiger partial charge in [-0.25, -0.2) is 0 Å². The average Bonchev–Trinajstić information content (AvgIpc) is 1.89. The third kappa shape index (κ3) is 8.18. The molecular weight excluding hydrogens is 178 g/mol. The Balaban J connectivity index is 2.75. The van der Waals surface area contributed by atoms with Gasteiger partial charge >= 0.3 is 0 Å². The molecule has 0 saturated carbocycles. The Morgan fingerprint density at radius 3 is 2.89 bits per heavy atom. The average molecular weight is 192 g/mol. The minimum Gasteiger partial charge on any atom is -0.313 e. The quantitative estimate of drug-likeness (QED) is 0.659. The molecule has 54 valence electrons. The summed E-state index contributed by atoms with van der Waals surface area (Å²) in [6.07, 6.45) is 4.59. The van der Waals surface area contributed by atoms with Crippen molar-refractivity contribution in [3.8, 4) is 0 Å². The minimum atomic E-state index is 0.977. The summed E-state index contributed by atoms with van der Waals surface area (Å²) < 4.78 is 0. The molecule has 0 rings (SSSR count). The van der Waals surface area contributed by atoms with Gasteiger partial charge in [-0.1, -0.05) is 35.4 Å². The Morgan fingerprint density at radius 1 is 1.56 bits per heavy atom. The van der Waals surface area contributed by atoms with Crippen LogP contribution in [0.15, 0.2) is 11.1 Å². The number of rotatable bonds is 5. The van der Waals surface area contributed by atoms with E-state index in [0.29, 0.717) is 0 Å². The highest BCUT2D eigenvalue weighted by Gasteiger charge is 1.79. The zero-order valence-corrected chi connectivity index (χ0v) is 7.45. The number of hydrogen-bond donors (Lipinski definition) is 1. The van der Waals surface area contributed by atoms with Crippen molar-refractivity contribution in [3.63, 3.8) is 0 Å². The molecular formula is C7H14BrN. The monoisotopic (exact) mass is 191 g/mol. The summed E-state index contributed by atoms with van der Waals surface area (Å²) in [5.74, 6) is 0. The summed E-state index contributed by atoms with van der Waals surface area (Å²) in [7, 11) is 0. The van der Waals surface area contributed by atoms with Crippen LogP contribution < -0.4 is 5.32 Å². The van der Waals surface area contributed by atoms with Crippen LogP contribution in [-0.2, 0) is 0 Å². The van der Waals surface area contributed by atoms with Gasteiger partial charge in [0.15, 0.2) is 0 Å². The SMILES string of the molecule is CCCCNC/C=C\Br. The molecule has 2 heteroatoms. The molecule has 0 aromatic heterocycles. The van der Waals surface area contributed by atoms with E-state index in [2.05, 4.69) is 34.2 Å². The van der Waals surface area contributed by atoms with Gasteiger partial charge in [0.25, 0.3) is 0 Å². The molecule has 0 aromatic carbocycles. The van der Waals surface area contributed by atoms with Crippen molar-refractivity contribution < 1.29 is 0 Å². The fourth-order valence-corrected chi connectivity index (χ4v) is 0.719. The number of nitrogens with one attached hydrogen (secondary N) is 1. The summed E-state index contributed by atoms with van der Waals surface area (Å²) in [5.41, 5.74) is 0. The van der Waals surface area contributed by atoms with Crippen molar-refractivity contribution >= 4 is 15.9 Å².